The van der Waals surface area contributed by atoms with E-state index in [-0.39, 0.29) is 11.0 Å². The SMILES string of the molecule is CC1CC(c2cccc(-n3cc(C4CC4)c4cc(CN5CC6CCC5C6)[nH]c4c3=O)c2)(c2nncn2C)C1. The van der Waals surface area contributed by atoms with Gasteiger partial charge in [0, 0.05) is 49.1 Å². The fourth-order valence-electron chi connectivity index (χ4n) is 8.08. The van der Waals surface area contributed by atoms with Gasteiger partial charge in [-0.25, -0.2) is 0 Å². The molecule has 3 aliphatic carbocycles. The minimum Gasteiger partial charge on any atom is -0.353 e. The number of rotatable bonds is 6. The standard InChI is InChI=1S/C31H36N6O/c1-19-13-31(14-19,30-34-32-18-35(30)2)22-4-3-5-25(11-22)37-17-27(21-7-8-21)26-12-23(33-28(26)29(37)38)16-36-15-20-6-9-24(36)10-20/h3-5,11-12,17-21,24,33H,6-10,13-16H2,1-2H3. The molecule has 4 aliphatic rings. The summed E-state index contributed by atoms with van der Waals surface area (Å²) in [5, 5.41) is 9.84. The van der Waals surface area contributed by atoms with Gasteiger partial charge in [0.15, 0.2) is 0 Å². The maximum absolute atomic E-state index is 14.0. The van der Waals surface area contributed by atoms with Crippen LogP contribution in [0.5, 0.6) is 0 Å². The summed E-state index contributed by atoms with van der Waals surface area (Å²) in [6, 6.07) is 11.6. The normalized spacial score (nSPS) is 28.8. The zero-order valence-corrected chi connectivity index (χ0v) is 22.4. The first-order valence-electron chi connectivity index (χ1n) is 14.4. The highest BCUT2D eigenvalue weighted by molar-refractivity contribution is 5.84. The molecule has 2 unspecified atom stereocenters. The van der Waals surface area contributed by atoms with Gasteiger partial charge in [0.05, 0.1) is 5.41 Å². The van der Waals surface area contributed by atoms with Crippen molar-refractivity contribution in [3.05, 3.63) is 75.9 Å². The van der Waals surface area contributed by atoms with Crippen molar-refractivity contribution < 1.29 is 0 Å². The van der Waals surface area contributed by atoms with Gasteiger partial charge >= 0.3 is 0 Å². The summed E-state index contributed by atoms with van der Waals surface area (Å²) in [6.07, 6.45) is 12.5. The van der Waals surface area contributed by atoms with Gasteiger partial charge < -0.3 is 9.55 Å². The number of fused-ring (bicyclic) bond motifs is 3. The number of aromatic nitrogens is 5. The molecule has 0 spiro atoms. The number of pyridine rings is 1. The Kier molecular flexibility index (Phi) is 4.88. The van der Waals surface area contributed by atoms with Crippen molar-refractivity contribution in [1.29, 1.82) is 0 Å². The Labute approximate surface area is 222 Å². The largest absolute Gasteiger partial charge is 0.353 e. The third kappa shape index (κ3) is 3.40. The van der Waals surface area contributed by atoms with E-state index < -0.39 is 0 Å². The Morgan fingerprint density at radius 2 is 2.00 bits per heavy atom. The second-order valence-electron chi connectivity index (χ2n) is 12.8. The van der Waals surface area contributed by atoms with Crippen LogP contribution in [0.4, 0.5) is 0 Å². The van der Waals surface area contributed by atoms with Gasteiger partial charge in [0.25, 0.3) is 5.56 Å². The summed E-state index contributed by atoms with van der Waals surface area (Å²) in [5.74, 6) is 3.08. The lowest BCUT2D eigenvalue weighted by molar-refractivity contribution is 0.185. The summed E-state index contributed by atoms with van der Waals surface area (Å²) < 4.78 is 3.94. The molecule has 1 aromatic carbocycles. The van der Waals surface area contributed by atoms with Crippen molar-refractivity contribution in [3.63, 3.8) is 0 Å². The van der Waals surface area contributed by atoms with Crippen LogP contribution in [0.2, 0.25) is 0 Å². The monoisotopic (exact) mass is 508 g/mol. The smallest absolute Gasteiger partial charge is 0.279 e. The molecule has 196 valence electrons. The maximum atomic E-state index is 14.0. The molecule has 1 saturated heterocycles. The van der Waals surface area contributed by atoms with Crippen LogP contribution in [-0.2, 0) is 19.0 Å². The molecule has 7 heteroatoms. The van der Waals surface area contributed by atoms with Gasteiger partial charge in [-0.05, 0) is 92.0 Å². The second kappa shape index (κ2) is 8.15. The minimum atomic E-state index is -0.150. The zero-order valence-electron chi connectivity index (χ0n) is 22.4. The first-order chi connectivity index (χ1) is 18.5. The molecule has 3 saturated carbocycles. The van der Waals surface area contributed by atoms with E-state index in [1.54, 1.807) is 6.33 Å². The van der Waals surface area contributed by atoms with E-state index in [9.17, 15) is 4.79 Å². The molecule has 7 nitrogen and oxygen atoms in total. The second-order valence-corrected chi connectivity index (χ2v) is 12.8. The molecule has 3 aromatic heterocycles. The van der Waals surface area contributed by atoms with Gasteiger partial charge in [-0.3, -0.25) is 14.3 Å². The molecule has 4 aromatic rings. The van der Waals surface area contributed by atoms with Crippen molar-refractivity contribution in [2.24, 2.45) is 18.9 Å². The number of benzene rings is 1. The lowest BCUT2D eigenvalue weighted by Gasteiger charge is -2.46. The predicted octanol–water partition coefficient (Wildman–Crippen LogP) is 5.03. The van der Waals surface area contributed by atoms with Crippen LogP contribution in [0.15, 0.2) is 47.7 Å². The number of hydrogen-bond acceptors (Lipinski definition) is 4. The van der Waals surface area contributed by atoms with E-state index >= 15 is 0 Å². The highest BCUT2D eigenvalue weighted by Crippen LogP contribution is 2.51. The summed E-state index contributed by atoms with van der Waals surface area (Å²) in [5.41, 5.74) is 5.32. The van der Waals surface area contributed by atoms with E-state index in [0.29, 0.717) is 11.8 Å². The van der Waals surface area contributed by atoms with Crippen LogP contribution in [0, 0.1) is 11.8 Å². The summed E-state index contributed by atoms with van der Waals surface area (Å²) >= 11 is 0. The van der Waals surface area contributed by atoms with Gasteiger partial charge in [0.2, 0.25) is 0 Å². The lowest BCUT2D eigenvalue weighted by atomic mass is 9.58. The molecular weight excluding hydrogens is 472 g/mol. The molecule has 0 amide bonds. The molecule has 1 N–H and O–H groups in total. The lowest BCUT2D eigenvalue weighted by Crippen LogP contribution is -2.43. The number of nitrogens with zero attached hydrogens (tertiary/aromatic N) is 5. The molecule has 38 heavy (non-hydrogen) atoms. The Balaban J connectivity index is 1.21. The van der Waals surface area contributed by atoms with E-state index in [1.165, 1.54) is 55.5 Å². The van der Waals surface area contributed by atoms with Crippen molar-refractivity contribution in [2.45, 2.75) is 75.8 Å². The van der Waals surface area contributed by atoms with Crippen molar-refractivity contribution >= 4 is 10.9 Å². The Bertz CT molecular complexity index is 1600. The number of H-pyrrole nitrogens is 1. The van der Waals surface area contributed by atoms with Crippen molar-refractivity contribution in [3.8, 4) is 5.69 Å². The average molecular weight is 509 g/mol. The number of aryl methyl sites for hydroxylation is 1. The van der Waals surface area contributed by atoms with Crippen molar-refractivity contribution in [2.75, 3.05) is 6.54 Å². The Hall–Kier alpha value is -3.19. The quantitative estimate of drug-likeness (QED) is 0.397. The number of likely N-dealkylation sites (tertiary alicyclic amines) is 1. The third-order valence-corrected chi connectivity index (χ3v) is 10.0. The molecule has 0 radical (unpaired) electrons. The molecule has 8 rings (SSSR count). The van der Waals surface area contributed by atoms with Crippen molar-refractivity contribution in [1.82, 2.24) is 29.2 Å². The number of hydrogen-bond donors (Lipinski definition) is 1. The first kappa shape index (κ1) is 22.8. The average Bonchev–Trinajstić information content (AvgIpc) is 3.22. The number of nitrogens with one attached hydrogen (secondary N) is 1. The minimum absolute atomic E-state index is 0.0467. The fraction of sp³-hybridized carbons (Fsp3) is 0.516. The van der Waals surface area contributed by atoms with Gasteiger partial charge in [-0.15, -0.1) is 10.2 Å². The van der Waals surface area contributed by atoms with Crippen LogP contribution in [0.25, 0.3) is 16.6 Å². The highest BCUT2D eigenvalue weighted by atomic mass is 16.1. The van der Waals surface area contributed by atoms with E-state index in [0.717, 1.165) is 53.8 Å². The van der Waals surface area contributed by atoms with E-state index in [4.69, 9.17) is 0 Å². The first-order valence-corrected chi connectivity index (χ1v) is 14.4. The maximum Gasteiger partial charge on any atom is 0.279 e. The molecule has 2 bridgehead atoms. The summed E-state index contributed by atoms with van der Waals surface area (Å²) in [6.45, 7) is 4.43. The van der Waals surface area contributed by atoms with Crippen LogP contribution in [0.3, 0.4) is 0 Å². The highest BCUT2D eigenvalue weighted by Gasteiger charge is 2.48. The molecule has 4 fully saturated rings. The summed E-state index contributed by atoms with van der Waals surface area (Å²) in [4.78, 5) is 20.2. The van der Waals surface area contributed by atoms with Gasteiger partial charge in [-0.2, -0.15) is 0 Å². The van der Waals surface area contributed by atoms with E-state index in [2.05, 4.69) is 68.1 Å². The topological polar surface area (TPSA) is 71.7 Å². The zero-order chi connectivity index (χ0) is 25.6. The molecular formula is C31H36N6O. The molecule has 1 aliphatic heterocycles. The Morgan fingerprint density at radius 1 is 1.13 bits per heavy atom. The number of aromatic amines is 1. The molecule has 2 atom stereocenters. The fourth-order valence-corrected chi connectivity index (χ4v) is 8.08. The van der Waals surface area contributed by atoms with Gasteiger partial charge in [0.1, 0.15) is 17.7 Å². The van der Waals surface area contributed by atoms with Crippen LogP contribution >= 0.6 is 0 Å². The summed E-state index contributed by atoms with van der Waals surface area (Å²) in [7, 11) is 2.03. The molecule has 4 heterocycles. The van der Waals surface area contributed by atoms with Crippen LogP contribution in [-0.4, -0.2) is 41.8 Å². The van der Waals surface area contributed by atoms with Crippen LogP contribution < -0.4 is 5.56 Å². The van der Waals surface area contributed by atoms with E-state index in [1.807, 2.05) is 11.6 Å². The van der Waals surface area contributed by atoms with Gasteiger partial charge in [-0.1, -0.05) is 19.1 Å². The van der Waals surface area contributed by atoms with Crippen LogP contribution in [0.1, 0.15) is 80.4 Å². The number of piperidine rings is 1. The third-order valence-electron chi connectivity index (χ3n) is 10.0. The Morgan fingerprint density at radius 3 is 2.68 bits per heavy atom. The predicted molar refractivity (Wildman–Crippen MR) is 148 cm³/mol.